The van der Waals surface area contributed by atoms with Gasteiger partial charge in [0, 0.05) is 11.0 Å². The zero-order valence-corrected chi connectivity index (χ0v) is 12.5. The third-order valence-electron chi connectivity index (χ3n) is 2.27. The Hall–Kier alpha value is -0.390. The Morgan fingerprint density at radius 2 is 1.82 bits per heavy atom. The molecule has 0 spiro atoms. The van der Waals surface area contributed by atoms with E-state index < -0.39 is 9.84 Å². The van der Waals surface area contributed by atoms with Gasteiger partial charge in [0.05, 0.1) is 10.6 Å². The zero-order chi connectivity index (χ0) is 12.9. The van der Waals surface area contributed by atoms with E-state index in [2.05, 4.69) is 35.1 Å². The molecule has 17 heavy (non-hydrogen) atoms. The van der Waals surface area contributed by atoms with E-state index >= 15 is 0 Å². The van der Waals surface area contributed by atoms with Crippen molar-refractivity contribution >= 4 is 25.8 Å². The van der Waals surface area contributed by atoms with Crippen LogP contribution in [0.15, 0.2) is 33.6 Å². The van der Waals surface area contributed by atoms with Gasteiger partial charge in [-0.2, -0.15) is 0 Å². The molecule has 1 aromatic carbocycles. The van der Waals surface area contributed by atoms with Crippen LogP contribution in [0.4, 0.5) is 0 Å². The first-order chi connectivity index (χ1) is 7.92. The molecule has 0 saturated heterocycles. The lowest BCUT2D eigenvalue weighted by atomic mass is 10.2. The smallest absolute Gasteiger partial charge is 0.179 e. The average Bonchev–Trinajstić information content (AvgIpc) is 2.25. The SMILES string of the molecule is CC(C)CNCCS(=O)(=O)c1ccc(Br)cc1. The highest BCUT2D eigenvalue weighted by Crippen LogP contribution is 2.15. The van der Waals surface area contributed by atoms with E-state index in [-0.39, 0.29) is 5.75 Å². The summed E-state index contributed by atoms with van der Waals surface area (Å²) in [5, 5.41) is 3.13. The van der Waals surface area contributed by atoms with Crippen LogP contribution in [0.2, 0.25) is 0 Å². The summed E-state index contributed by atoms with van der Waals surface area (Å²) in [6.07, 6.45) is 0. The quantitative estimate of drug-likeness (QED) is 0.819. The van der Waals surface area contributed by atoms with Crippen LogP contribution in [-0.2, 0) is 9.84 Å². The molecule has 0 aliphatic rings. The van der Waals surface area contributed by atoms with Crippen molar-refractivity contribution in [2.24, 2.45) is 5.92 Å². The summed E-state index contributed by atoms with van der Waals surface area (Å²) in [6, 6.07) is 6.74. The van der Waals surface area contributed by atoms with E-state index in [1.807, 2.05) is 0 Å². The maximum Gasteiger partial charge on any atom is 0.179 e. The van der Waals surface area contributed by atoms with Crippen molar-refractivity contribution in [3.8, 4) is 0 Å². The lowest BCUT2D eigenvalue weighted by Crippen LogP contribution is -2.26. The molecule has 0 heterocycles. The number of halogens is 1. The van der Waals surface area contributed by atoms with E-state index in [0.29, 0.717) is 17.4 Å². The summed E-state index contributed by atoms with van der Waals surface area (Å²) in [5.41, 5.74) is 0. The molecule has 0 fully saturated rings. The van der Waals surface area contributed by atoms with Crippen molar-refractivity contribution in [2.75, 3.05) is 18.8 Å². The molecule has 0 bridgehead atoms. The lowest BCUT2D eigenvalue weighted by molar-refractivity contribution is 0.557. The van der Waals surface area contributed by atoms with Gasteiger partial charge in [-0.15, -0.1) is 0 Å². The Morgan fingerprint density at radius 3 is 2.35 bits per heavy atom. The van der Waals surface area contributed by atoms with Crippen molar-refractivity contribution in [2.45, 2.75) is 18.7 Å². The molecule has 3 nitrogen and oxygen atoms in total. The fourth-order valence-corrected chi connectivity index (χ4v) is 2.82. The Morgan fingerprint density at radius 1 is 1.24 bits per heavy atom. The highest BCUT2D eigenvalue weighted by Gasteiger charge is 2.13. The standard InChI is InChI=1S/C12H18BrNO2S/c1-10(2)9-14-7-8-17(15,16)12-5-3-11(13)4-6-12/h3-6,10,14H,7-9H2,1-2H3. The van der Waals surface area contributed by atoms with Crippen molar-refractivity contribution in [3.63, 3.8) is 0 Å². The Bertz CT molecular complexity index is 440. The molecule has 1 rings (SSSR count). The van der Waals surface area contributed by atoms with Gasteiger partial charge < -0.3 is 5.32 Å². The lowest BCUT2D eigenvalue weighted by Gasteiger charge is -2.08. The van der Waals surface area contributed by atoms with Crippen molar-refractivity contribution in [3.05, 3.63) is 28.7 Å². The second-order valence-electron chi connectivity index (χ2n) is 4.37. The topological polar surface area (TPSA) is 46.2 Å². The van der Waals surface area contributed by atoms with Crippen LogP contribution >= 0.6 is 15.9 Å². The molecule has 0 unspecified atom stereocenters. The molecule has 0 aromatic heterocycles. The van der Waals surface area contributed by atoms with Gasteiger partial charge in [-0.1, -0.05) is 29.8 Å². The molecule has 0 saturated carbocycles. The average molecular weight is 320 g/mol. The van der Waals surface area contributed by atoms with Crippen molar-refractivity contribution in [1.82, 2.24) is 5.32 Å². The van der Waals surface area contributed by atoms with Crippen LogP contribution in [0.1, 0.15) is 13.8 Å². The zero-order valence-electron chi connectivity index (χ0n) is 10.1. The van der Waals surface area contributed by atoms with Gasteiger partial charge in [0.2, 0.25) is 0 Å². The molecule has 0 radical (unpaired) electrons. The van der Waals surface area contributed by atoms with Gasteiger partial charge in [-0.05, 0) is 36.7 Å². The first kappa shape index (κ1) is 14.7. The molecule has 0 aliphatic heterocycles. The number of sulfone groups is 1. The minimum atomic E-state index is -3.16. The highest BCUT2D eigenvalue weighted by molar-refractivity contribution is 9.10. The summed E-state index contributed by atoms with van der Waals surface area (Å²) in [4.78, 5) is 0.382. The molecule has 0 aliphatic carbocycles. The number of rotatable bonds is 6. The summed E-state index contributed by atoms with van der Waals surface area (Å²) in [7, 11) is -3.16. The van der Waals surface area contributed by atoms with Gasteiger partial charge in [0.25, 0.3) is 0 Å². The number of hydrogen-bond donors (Lipinski definition) is 1. The van der Waals surface area contributed by atoms with Gasteiger partial charge in [-0.3, -0.25) is 0 Å². The maximum atomic E-state index is 11.9. The van der Waals surface area contributed by atoms with Gasteiger partial charge in [0.15, 0.2) is 9.84 Å². The Labute approximate surface area is 112 Å². The van der Waals surface area contributed by atoms with Gasteiger partial charge >= 0.3 is 0 Å². The minimum Gasteiger partial charge on any atom is -0.315 e. The van der Waals surface area contributed by atoms with E-state index in [1.54, 1.807) is 24.3 Å². The summed E-state index contributed by atoms with van der Waals surface area (Å²) < 4.78 is 24.7. The van der Waals surface area contributed by atoms with E-state index in [4.69, 9.17) is 0 Å². The van der Waals surface area contributed by atoms with Crippen LogP contribution < -0.4 is 5.32 Å². The maximum absolute atomic E-state index is 11.9. The second kappa shape index (κ2) is 6.52. The first-order valence-electron chi connectivity index (χ1n) is 5.61. The predicted molar refractivity (Wildman–Crippen MR) is 73.9 cm³/mol. The van der Waals surface area contributed by atoms with Crippen LogP contribution in [0, 0.1) is 5.92 Å². The second-order valence-corrected chi connectivity index (χ2v) is 7.40. The number of benzene rings is 1. The number of hydrogen-bond acceptors (Lipinski definition) is 3. The molecule has 1 aromatic rings. The third-order valence-corrected chi connectivity index (χ3v) is 4.53. The molecular formula is C12H18BrNO2S. The summed E-state index contributed by atoms with van der Waals surface area (Å²) in [6.45, 7) is 5.53. The fourth-order valence-electron chi connectivity index (χ4n) is 1.36. The summed E-state index contributed by atoms with van der Waals surface area (Å²) >= 11 is 3.28. The van der Waals surface area contributed by atoms with Crippen molar-refractivity contribution in [1.29, 1.82) is 0 Å². The van der Waals surface area contributed by atoms with Crippen LogP contribution in [0.3, 0.4) is 0 Å². The Balaban J connectivity index is 2.54. The van der Waals surface area contributed by atoms with E-state index in [1.165, 1.54) is 0 Å². The van der Waals surface area contributed by atoms with E-state index in [9.17, 15) is 8.42 Å². The largest absolute Gasteiger partial charge is 0.315 e. The summed E-state index contributed by atoms with van der Waals surface area (Å²) in [5.74, 6) is 0.673. The van der Waals surface area contributed by atoms with Crippen LogP contribution in [0.5, 0.6) is 0 Å². The monoisotopic (exact) mass is 319 g/mol. The molecule has 0 atom stereocenters. The van der Waals surface area contributed by atoms with Crippen molar-refractivity contribution < 1.29 is 8.42 Å². The van der Waals surface area contributed by atoms with Crippen LogP contribution in [-0.4, -0.2) is 27.3 Å². The Kier molecular flexibility index (Phi) is 5.62. The molecule has 96 valence electrons. The third kappa shape index (κ3) is 5.19. The van der Waals surface area contributed by atoms with E-state index in [0.717, 1.165) is 11.0 Å². The fraction of sp³-hybridized carbons (Fsp3) is 0.500. The predicted octanol–water partition coefficient (Wildman–Crippen LogP) is 2.47. The molecule has 1 N–H and O–H groups in total. The highest BCUT2D eigenvalue weighted by atomic mass is 79.9. The first-order valence-corrected chi connectivity index (χ1v) is 8.05. The minimum absolute atomic E-state index is 0.140. The van der Waals surface area contributed by atoms with Crippen LogP contribution in [0.25, 0.3) is 0 Å². The van der Waals surface area contributed by atoms with Gasteiger partial charge in [0.1, 0.15) is 0 Å². The molecular weight excluding hydrogens is 302 g/mol. The normalized spacial score (nSPS) is 12.0. The van der Waals surface area contributed by atoms with Gasteiger partial charge in [-0.25, -0.2) is 8.42 Å². The number of nitrogens with one attached hydrogen (secondary N) is 1. The molecule has 0 amide bonds. The molecule has 5 heteroatoms.